The molecule has 1 aliphatic rings. The van der Waals surface area contributed by atoms with Crippen LogP contribution in [-0.2, 0) is 5.41 Å². The van der Waals surface area contributed by atoms with Crippen LogP contribution < -0.4 is 4.90 Å². The molecule has 0 spiro atoms. The lowest BCUT2D eigenvalue weighted by molar-refractivity contribution is 0.768. The second-order valence-corrected chi connectivity index (χ2v) is 15.2. The molecule has 1 nitrogen and oxygen atoms in total. The van der Waals surface area contributed by atoms with Crippen molar-refractivity contribution in [3.8, 4) is 33.4 Å². The van der Waals surface area contributed by atoms with Gasteiger partial charge in [-0.1, -0.05) is 206 Å². The smallest absolute Gasteiger partial charge is 0.0713 e. The van der Waals surface area contributed by atoms with Gasteiger partial charge in [0.15, 0.2) is 0 Å². The van der Waals surface area contributed by atoms with Crippen molar-refractivity contribution in [1.82, 2.24) is 0 Å². The van der Waals surface area contributed by atoms with Crippen molar-refractivity contribution in [2.75, 3.05) is 4.90 Å². The molecule has 0 radical (unpaired) electrons. The SMILES string of the molecule is c1ccc(-c2ccc(N(c3ccc4c(c3)-c3ccccc3C4(c3ccccc3)c3ccccc3)c3cc4ccccc4c4ccccc34)cc2-c2ccccc2)cc1. The maximum Gasteiger partial charge on any atom is 0.0713 e. The van der Waals surface area contributed by atoms with E-state index in [-0.39, 0.29) is 0 Å². The highest BCUT2D eigenvalue weighted by Crippen LogP contribution is 2.57. The number of fused-ring (bicyclic) bond motifs is 6. The molecule has 0 bridgehead atoms. The zero-order valence-corrected chi connectivity index (χ0v) is 32.0. The first-order chi connectivity index (χ1) is 28.8. The molecule has 0 N–H and O–H groups in total. The van der Waals surface area contributed by atoms with Gasteiger partial charge in [0.25, 0.3) is 0 Å². The second-order valence-electron chi connectivity index (χ2n) is 15.2. The third kappa shape index (κ3) is 5.32. The maximum absolute atomic E-state index is 2.49. The second kappa shape index (κ2) is 13.9. The van der Waals surface area contributed by atoms with Crippen molar-refractivity contribution >= 4 is 38.6 Å². The average Bonchev–Trinajstić information content (AvgIpc) is 3.61. The van der Waals surface area contributed by atoms with E-state index in [2.05, 4.69) is 241 Å². The minimum absolute atomic E-state index is 0.467. The van der Waals surface area contributed by atoms with E-state index in [1.807, 2.05) is 0 Å². The fourth-order valence-corrected chi connectivity index (χ4v) is 9.62. The van der Waals surface area contributed by atoms with Gasteiger partial charge in [-0.15, -0.1) is 0 Å². The Kier molecular flexibility index (Phi) is 8.12. The van der Waals surface area contributed by atoms with Gasteiger partial charge in [-0.2, -0.15) is 0 Å². The topological polar surface area (TPSA) is 3.24 Å². The van der Waals surface area contributed by atoms with E-state index in [0.717, 1.165) is 17.1 Å². The summed E-state index contributed by atoms with van der Waals surface area (Å²) < 4.78 is 0. The van der Waals surface area contributed by atoms with Crippen molar-refractivity contribution in [2.45, 2.75) is 5.41 Å². The van der Waals surface area contributed by atoms with Crippen LogP contribution in [0.2, 0.25) is 0 Å². The molecule has 10 aromatic rings. The molecule has 1 aliphatic carbocycles. The van der Waals surface area contributed by atoms with Gasteiger partial charge in [0.2, 0.25) is 0 Å². The lowest BCUT2D eigenvalue weighted by Crippen LogP contribution is -2.28. The molecule has 0 fully saturated rings. The van der Waals surface area contributed by atoms with Gasteiger partial charge in [-0.05, 0) is 102 Å². The Morgan fingerprint density at radius 1 is 0.293 bits per heavy atom. The number of hydrogen-bond acceptors (Lipinski definition) is 1. The summed E-state index contributed by atoms with van der Waals surface area (Å²) in [6.45, 7) is 0. The zero-order chi connectivity index (χ0) is 38.5. The molecule has 0 aliphatic heterocycles. The highest BCUT2D eigenvalue weighted by molar-refractivity contribution is 6.15. The first-order valence-corrected chi connectivity index (χ1v) is 20.1. The van der Waals surface area contributed by atoms with Gasteiger partial charge in [0.1, 0.15) is 0 Å². The van der Waals surface area contributed by atoms with Gasteiger partial charge in [-0.3, -0.25) is 0 Å². The summed E-state index contributed by atoms with van der Waals surface area (Å²) >= 11 is 0. The van der Waals surface area contributed by atoms with Crippen LogP contribution in [0.4, 0.5) is 17.1 Å². The number of benzene rings is 10. The highest BCUT2D eigenvalue weighted by atomic mass is 15.1. The molecular weight excluding hydrogens is 699 g/mol. The summed E-state index contributed by atoms with van der Waals surface area (Å²) in [5.74, 6) is 0. The molecule has 0 atom stereocenters. The Bertz CT molecular complexity index is 3060. The third-order valence-electron chi connectivity index (χ3n) is 12.1. The van der Waals surface area contributed by atoms with E-state index in [0.29, 0.717) is 0 Å². The lowest BCUT2D eigenvalue weighted by atomic mass is 9.68. The van der Waals surface area contributed by atoms with Gasteiger partial charge in [-0.25, -0.2) is 0 Å². The summed E-state index contributed by atoms with van der Waals surface area (Å²) in [5.41, 5.74) is 15.3. The minimum atomic E-state index is -0.467. The Morgan fingerprint density at radius 3 is 1.45 bits per heavy atom. The predicted octanol–water partition coefficient (Wildman–Crippen LogP) is 15.2. The van der Waals surface area contributed by atoms with Crippen molar-refractivity contribution in [1.29, 1.82) is 0 Å². The van der Waals surface area contributed by atoms with E-state index in [4.69, 9.17) is 0 Å². The monoisotopic (exact) mass is 737 g/mol. The first-order valence-electron chi connectivity index (χ1n) is 20.1. The molecule has 0 saturated heterocycles. The van der Waals surface area contributed by atoms with E-state index in [9.17, 15) is 0 Å². The number of nitrogens with zero attached hydrogens (tertiary/aromatic N) is 1. The van der Waals surface area contributed by atoms with Crippen LogP contribution >= 0.6 is 0 Å². The molecule has 1 heteroatoms. The molecular formula is C57H39N. The zero-order valence-electron chi connectivity index (χ0n) is 32.0. The largest absolute Gasteiger partial charge is 0.310 e. The molecule has 0 aromatic heterocycles. The summed E-state index contributed by atoms with van der Waals surface area (Å²) in [7, 11) is 0. The van der Waals surface area contributed by atoms with Crippen LogP contribution in [0.3, 0.4) is 0 Å². The Morgan fingerprint density at radius 2 is 0.776 bits per heavy atom. The van der Waals surface area contributed by atoms with Crippen LogP contribution in [0.5, 0.6) is 0 Å². The van der Waals surface area contributed by atoms with Gasteiger partial charge >= 0.3 is 0 Å². The van der Waals surface area contributed by atoms with E-state index in [1.165, 1.54) is 77.2 Å². The fourth-order valence-electron chi connectivity index (χ4n) is 9.62. The van der Waals surface area contributed by atoms with Crippen LogP contribution in [-0.4, -0.2) is 0 Å². The van der Waals surface area contributed by atoms with E-state index in [1.54, 1.807) is 0 Å². The Hall–Kier alpha value is -7.48. The van der Waals surface area contributed by atoms with Crippen LogP contribution in [0, 0.1) is 0 Å². The number of anilines is 3. The summed E-state index contributed by atoms with van der Waals surface area (Å²) in [4.78, 5) is 2.49. The lowest BCUT2D eigenvalue weighted by Gasteiger charge is -2.34. The summed E-state index contributed by atoms with van der Waals surface area (Å²) in [6.07, 6.45) is 0. The molecule has 0 unspecified atom stereocenters. The van der Waals surface area contributed by atoms with Gasteiger partial charge in [0.05, 0.1) is 11.1 Å². The molecule has 0 amide bonds. The highest BCUT2D eigenvalue weighted by Gasteiger charge is 2.46. The first kappa shape index (κ1) is 33.8. The molecule has 10 aromatic carbocycles. The van der Waals surface area contributed by atoms with Gasteiger partial charge < -0.3 is 4.90 Å². The Labute approximate surface area is 339 Å². The Balaban J connectivity index is 1.21. The molecule has 0 saturated carbocycles. The van der Waals surface area contributed by atoms with Crippen molar-refractivity contribution in [2.24, 2.45) is 0 Å². The van der Waals surface area contributed by atoms with Crippen molar-refractivity contribution in [3.05, 3.63) is 259 Å². The van der Waals surface area contributed by atoms with Crippen molar-refractivity contribution < 1.29 is 0 Å². The fraction of sp³-hybridized carbons (Fsp3) is 0.0175. The van der Waals surface area contributed by atoms with E-state index < -0.39 is 5.41 Å². The standard InChI is InChI=1S/C57H39N/c1-5-19-40(20-6-1)48-35-33-45(38-52(48)41-21-7-2-8-22-41)58(56-37-42-23-13-14-28-47(42)49-29-15-16-31-51(49)56)46-34-36-55-53(39-46)50-30-17-18-32-54(50)57(55,43-24-9-3-10-25-43)44-26-11-4-12-27-44/h1-39H. The van der Waals surface area contributed by atoms with Gasteiger partial charge in [0, 0.05) is 16.8 Å². The predicted molar refractivity (Wildman–Crippen MR) is 244 cm³/mol. The normalized spacial score (nSPS) is 12.6. The maximum atomic E-state index is 2.49. The molecule has 0 heterocycles. The van der Waals surface area contributed by atoms with Crippen LogP contribution in [0.15, 0.2) is 237 Å². The van der Waals surface area contributed by atoms with E-state index >= 15 is 0 Å². The summed E-state index contributed by atoms with van der Waals surface area (Å²) in [6, 6.07) is 86.9. The third-order valence-corrected chi connectivity index (χ3v) is 12.1. The number of rotatable bonds is 7. The minimum Gasteiger partial charge on any atom is -0.310 e. The molecule has 11 rings (SSSR count). The average molecular weight is 738 g/mol. The molecule has 272 valence electrons. The molecule has 58 heavy (non-hydrogen) atoms. The quantitative estimate of drug-likeness (QED) is 0.147. The van der Waals surface area contributed by atoms with Crippen molar-refractivity contribution in [3.63, 3.8) is 0 Å². The van der Waals surface area contributed by atoms with Crippen LogP contribution in [0.25, 0.3) is 54.9 Å². The van der Waals surface area contributed by atoms with Crippen LogP contribution in [0.1, 0.15) is 22.3 Å². The number of hydrogen-bond donors (Lipinski definition) is 0. The summed E-state index contributed by atoms with van der Waals surface area (Å²) in [5, 5.41) is 4.91.